The van der Waals surface area contributed by atoms with Gasteiger partial charge in [-0.3, -0.25) is 4.79 Å². The average Bonchev–Trinajstić information content (AvgIpc) is 2.76. The number of carbonyl (C=O) groups excluding carboxylic acids is 1. The SMILES string of the molecule is CO[C@@H]1[C@@H](N2CCCCC2=O)c2sc(Br)cc2OC1(C)C. The minimum absolute atomic E-state index is 0.0575. The second-order valence-electron chi connectivity index (χ2n) is 6.13. The van der Waals surface area contributed by atoms with Gasteiger partial charge in [-0.25, -0.2) is 0 Å². The Morgan fingerprint density at radius 1 is 1.48 bits per heavy atom. The first-order valence-corrected chi connectivity index (χ1v) is 8.85. The van der Waals surface area contributed by atoms with E-state index in [0.717, 1.165) is 33.8 Å². The van der Waals surface area contributed by atoms with E-state index in [1.54, 1.807) is 18.4 Å². The quantitative estimate of drug-likeness (QED) is 0.792. The van der Waals surface area contributed by atoms with Crippen LogP contribution in [0.25, 0.3) is 0 Å². The second-order valence-corrected chi connectivity index (χ2v) is 8.59. The Balaban J connectivity index is 2.07. The Labute approximate surface area is 137 Å². The lowest BCUT2D eigenvalue weighted by Crippen LogP contribution is -2.55. The van der Waals surface area contributed by atoms with E-state index in [4.69, 9.17) is 9.47 Å². The molecular formula is C15H20BrNO3S. The summed E-state index contributed by atoms with van der Waals surface area (Å²) < 4.78 is 12.9. The monoisotopic (exact) mass is 373 g/mol. The van der Waals surface area contributed by atoms with Crippen LogP contribution in [0.15, 0.2) is 9.85 Å². The summed E-state index contributed by atoms with van der Waals surface area (Å²) in [4.78, 5) is 15.5. The molecule has 1 fully saturated rings. The number of amides is 1. The summed E-state index contributed by atoms with van der Waals surface area (Å²) in [5, 5.41) is 0. The molecule has 0 bridgehead atoms. The van der Waals surface area contributed by atoms with Crippen LogP contribution in [0, 0.1) is 0 Å². The molecule has 0 N–H and O–H groups in total. The van der Waals surface area contributed by atoms with E-state index in [1.165, 1.54) is 0 Å². The number of piperidine rings is 1. The van der Waals surface area contributed by atoms with Crippen molar-refractivity contribution in [2.24, 2.45) is 0 Å². The zero-order valence-electron chi connectivity index (χ0n) is 12.5. The van der Waals surface area contributed by atoms with Crippen LogP contribution in [-0.2, 0) is 9.53 Å². The van der Waals surface area contributed by atoms with Gasteiger partial charge in [-0.2, -0.15) is 0 Å². The number of methoxy groups -OCH3 is 1. The van der Waals surface area contributed by atoms with Crippen LogP contribution >= 0.6 is 27.3 Å². The van der Waals surface area contributed by atoms with Crippen molar-refractivity contribution in [1.82, 2.24) is 4.90 Å². The van der Waals surface area contributed by atoms with Gasteiger partial charge >= 0.3 is 0 Å². The number of thiophene rings is 1. The van der Waals surface area contributed by atoms with Crippen molar-refractivity contribution in [1.29, 1.82) is 0 Å². The molecule has 0 aromatic carbocycles. The molecule has 2 atom stereocenters. The number of nitrogens with zero attached hydrogens (tertiary/aromatic N) is 1. The van der Waals surface area contributed by atoms with Gasteiger partial charge in [0.05, 0.1) is 14.7 Å². The standard InChI is InChI=1S/C15H20BrNO3S/c1-15(2)14(19-3)12(17-7-5-4-6-11(17)18)13-9(20-15)8-10(16)21-13/h8,12,14H,4-7H2,1-3H3/t12-,14+/m0/s1. The molecule has 4 nitrogen and oxygen atoms in total. The predicted molar refractivity (Wildman–Crippen MR) is 85.8 cm³/mol. The average molecular weight is 374 g/mol. The Bertz CT molecular complexity index is 557. The molecule has 3 rings (SSSR count). The predicted octanol–water partition coefficient (Wildman–Crippen LogP) is 3.75. The molecule has 6 heteroatoms. The number of fused-ring (bicyclic) bond motifs is 1. The van der Waals surface area contributed by atoms with E-state index in [9.17, 15) is 4.79 Å². The summed E-state index contributed by atoms with van der Waals surface area (Å²) in [6.07, 6.45) is 2.51. The Kier molecular flexibility index (Phi) is 4.05. The lowest BCUT2D eigenvalue weighted by Gasteiger charge is -2.47. The van der Waals surface area contributed by atoms with Crippen molar-refractivity contribution in [3.8, 4) is 5.75 Å². The molecule has 0 spiro atoms. The molecule has 0 aliphatic carbocycles. The highest BCUT2D eigenvalue weighted by molar-refractivity contribution is 9.11. The molecule has 0 saturated carbocycles. The molecule has 1 aromatic rings. The van der Waals surface area contributed by atoms with Gasteiger partial charge in [-0.05, 0) is 42.6 Å². The molecule has 116 valence electrons. The highest BCUT2D eigenvalue weighted by atomic mass is 79.9. The van der Waals surface area contributed by atoms with E-state index in [-0.39, 0.29) is 18.1 Å². The van der Waals surface area contributed by atoms with Gasteiger partial charge in [0, 0.05) is 26.1 Å². The molecule has 21 heavy (non-hydrogen) atoms. The maximum absolute atomic E-state index is 12.4. The minimum Gasteiger partial charge on any atom is -0.484 e. The number of ether oxygens (including phenoxy) is 2. The number of likely N-dealkylation sites (tertiary alicyclic amines) is 1. The third-order valence-corrected chi connectivity index (χ3v) is 5.95. The van der Waals surface area contributed by atoms with Crippen LogP contribution < -0.4 is 4.74 Å². The minimum atomic E-state index is -0.468. The zero-order chi connectivity index (χ0) is 15.2. The Hall–Kier alpha value is -0.590. The van der Waals surface area contributed by atoms with Gasteiger partial charge in [0.1, 0.15) is 17.5 Å². The van der Waals surface area contributed by atoms with Gasteiger partial charge < -0.3 is 14.4 Å². The summed E-state index contributed by atoms with van der Waals surface area (Å²) in [6, 6.07) is 1.94. The van der Waals surface area contributed by atoms with Crippen molar-refractivity contribution >= 4 is 33.2 Å². The van der Waals surface area contributed by atoms with Crippen molar-refractivity contribution in [3.63, 3.8) is 0 Å². The smallest absolute Gasteiger partial charge is 0.223 e. The third kappa shape index (κ3) is 2.62. The summed E-state index contributed by atoms with van der Waals surface area (Å²) in [6.45, 7) is 4.85. The van der Waals surface area contributed by atoms with Crippen molar-refractivity contribution in [2.45, 2.75) is 50.9 Å². The van der Waals surface area contributed by atoms with Gasteiger partial charge in [-0.1, -0.05) is 0 Å². The molecular weight excluding hydrogens is 354 g/mol. The van der Waals surface area contributed by atoms with Crippen LogP contribution in [0.3, 0.4) is 0 Å². The van der Waals surface area contributed by atoms with Gasteiger partial charge in [0.2, 0.25) is 5.91 Å². The lowest BCUT2D eigenvalue weighted by atomic mass is 9.88. The summed E-state index contributed by atoms with van der Waals surface area (Å²) >= 11 is 5.16. The number of hydrogen-bond donors (Lipinski definition) is 0. The maximum atomic E-state index is 12.4. The van der Waals surface area contributed by atoms with Gasteiger partial charge in [-0.15, -0.1) is 11.3 Å². The van der Waals surface area contributed by atoms with Crippen molar-refractivity contribution in [2.75, 3.05) is 13.7 Å². The normalized spacial score (nSPS) is 28.2. The van der Waals surface area contributed by atoms with Gasteiger partial charge in [0.25, 0.3) is 0 Å². The fourth-order valence-corrected chi connectivity index (χ4v) is 5.02. The zero-order valence-corrected chi connectivity index (χ0v) is 14.9. The van der Waals surface area contributed by atoms with E-state index in [0.29, 0.717) is 6.42 Å². The number of hydrogen-bond acceptors (Lipinski definition) is 4. The van der Waals surface area contributed by atoms with Crippen molar-refractivity contribution < 1.29 is 14.3 Å². The number of carbonyl (C=O) groups is 1. The van der Waals surface area contributed by atoms with Crippen molar-refractivity contribution in [3.05, 3.63) is 14.7 Å². The first-order valence-electron chi connectivity index (χ1n) is 7.24. The fraction of sp³-hybridized carbons (Fsp3) is 0.667. The number of rotatable bonds is 2. The largest absolute Gasteiger partial charge is 0.484 e. The van der Waals surface area contributed by atoms with Crippen LogP contribution in [0.4, 0.5) is 0 Å². The third-order valence-electron chi connectivity index (χ3n) is 4.26. The van der Waals surface area contributed by atoms with E-state index >= 15 is 0 Å². The molecule has 2 aliphatic heterocycles. The van der Waals surface area contributed by atoms with E-state index in [2.05, 4.69) is 15.9 Å². The van der Waals surface area contributed by atoms with Crippen LogP contribution in [0.2, 0.25) is 0 Å². The summed E-state index contributed by atoms with van der Waals surface area (Å²) in [7, 11) is 1.70. The molecule has 1 aromatic heterocycles. The maximum Gasteiger partial charge on any atom is 0.223 e. The first-order chi connectivity index (χ1) is 9.94. The van der Waals surface area contributed by atoms with Crippen LogP contribution in [0.1, 0.15) is 44.0 Å². The first kappa shape index (κ1) is 15.3. The Morgan fingerprint density at radius 2 is 2.24 bits per heavy atom. The molecule has 0 unspecified atom stereocenters. The molecule has 1 saturated heterocycles. The second kappa shape index (κ2) is 5.56. The Morgan fingerprint density at radius 3 is 2.90 bits per heavy atom. The van der Waals surface area contributed by atoms with E-state index in [1.807, 2.05) is 24.8 Å². The van der Waals surface area contributed by atoms with Gasteiger partial charge in [0.15, 0.2) is 0 Å². The topological polar surface area (TPSA) is 38.8 Å². The highest BCUT2D eigenvalue weighted by Crippen LogP contribution is 2.49. The molecule has 0 radical (unpaired) electrons. The lowest BCUT2D eigenvalue weighted by molar-refractivity contribution is -0.150. The fourth-order valence-electron chi connectivity index (χ4n) is 3.34. The molecule has 2 aliphatic rings. The highest BCUT2D eigenvalue weighted by Gasteiger charge is 2.49. The van der Waals surface area contributed by atoms with Crippen LogP contribution in [0.5, 0.6) is 5.75 Å². The molecule has 3 heterocycles. The molecule has 1 amide bonds. The van der Waals surface area contributed by atoms with E-state index < -0.39 is 5.60 Å². The summed E-state index contributed by atoms with van der Waals surface area (Å²) in [5.41, 5.74) is -0.468. The summed E-state index contributed by atoms with van der Waals surface area (Å²) in [5.74, 6) is 1.09. The van der Waals surface area contributed by atoms with Crippen LogP contribution in [-0.4, -0.2) is 36.2 Å². The number of halogens is 1.